The molecule has 1 saturated heterocycles. The SMILES string of the molecule is CC(=O)c1cc2c(cc1O)O[C@@]1(C)OC[C@H](C)[C@H]1C2. The van der Waals surface area contributed by atoms with E-state index in [0.29, 0.717) is 23.8 Å². The zero-order valence-corrected chi connectivity index (χ0v) is 11.4. The lowest BCUT2D eigenvalue weighted by Crippen LogP contribution is -2.43. The third-order valence-electron chi connectivity index (χ3n) is 4.30. The lowest BCUT2D eigenvalue weighted by atomic mass is 9.82. The predicted molar refractivity (Wildman–Crippen MR) is 69.5 cm³/mol. The molecule has 19 heavy (non-hydrogen) atoms. The first-order chi connectivity index (χ1) is 8.90. The van der Waals surface area contributed by atoms with Gasteiger partial charge in [-0.15, -0.1) is 0 Å². The third-order valence-corrected chi connectivity index (χ3v) is 4.30. The van der Waals surface area contributed by atoms with Crippen LogP contribution in [0.1, 0.15) is 36.7 Å². The van der Waals surface area contributed by atoms with Gasteiger partial charge in [0.05, 0.1) is 12.2 Å². The number of ketones is 1. The number of benzene rings is 1. The molecule has 0 aliphatic carbocycles. The van der Waals surface area contributed by atoms with Crippen molar-refractivity contribution in [3.05, 3.63) is 23.3 Å². The van der Waals surface area contributed by atoms with E-state index in [-0.39, 0.29) is 17.5 Å². The van der Waals surface area contributed by atoms with E-state index in [4.69, 9.17) is 9.47 Å². The second kappa shape index (κ2) is 3.97. The van der Waals surface area contributed by atoms with E-state index in [1.807, 2.05) is 6.92 Å². The summed E-state index contributed by atoms with van der Waals surface area (Å²) in [6, 6.07) is 3.28. The van der Waals surface area contributed by atoms with E-state index < -0.39 is 5.79 Å². The number of carbonyl (C=O) groups excluding carboxylic acids is 1. The molecule has 0 unspecified atom stereocenters. The van der Waals surface area contributed by atoms with Crippen LogP contribution < -0.4 is 4.74 Å². The van der Waals surface area contributed by atoms with Crippen LogP contribution in [0.4, 0.5) is 0 Å². The highest BCUT2D eigenvalue weighted by Crippen LogP contribution is 2.46. The molecule has 3 rings (SSSR count). The van der Waals surface area contributed by atoms with E-state index >= 15 is 0 Å². The van der Waals surface area contributed by atoms with Gasteiger partial charge in [0.2, 0.25) is 5.79 Å². The fourth-order valence-electron chi connectivity index (χ4n) is 3.13. The summed E-state index contributed by atoms with van der Waals surface area (Å²) >= 11 is 0. The minimum absolute atomic E-state index is 0.0284. The van der Waals surface area contributed by atoms with Crippen molar-refractivity contribution in [1.29, 1.82) is 0 Å². The molecule has 4 heteroatoms. The third kappa shape index (κ3) is 1.82. The number of hydrogen-bond donors (Lipinski definition) is 1. The highest BCUT2D eigenvalue weighted by Gasteiger charge is 2.49. The molecule has 102 valence electrons. The molecule has 1 aromatic rings. The van der Waals surface area contributed by atoms with Crippen LogP contribution >= 0.6 is 0 Å². The largest absolute Gasteiger partial charge is 0.507 e. The molecule has 4 nitrogen and oxygen atoms in total. The molecule has 0 bridgehead atoms. The molecule has 1 aromatic carbocycles. The van der Waals surface area contributed by atoms with Crippen LogP contribution in [0.15, 0.2) is 12.1 Å². The average Bonchev–Trinajstić information content (AvgIpc) is 2.61. The first-order valence-electron chi connectivity index (χ1n) is 6.60. The fourth-order valence-corrected chi connectivity index (χ4v) is 3.13. The monoisotopic (exact) mass is 262 g/mol. The number of hydrogen-bond acceptors (Lipinski definition) is 4. The van der Waals surface area contributed by atoms with Crippen molar-refractivity contribution in [3.63, 3.8) is 0 Å². The summed E-state index contributed by atoms with van der Waals surface area (Å²) in [6.07, 6.45) is 0.813. The highest BCUT2D eigenvalue weighted by atomic mass is 16.7. The number of rotatable bonds is 1. The second-order valence-electron chi connectivity index (χ2n) is 5.75. The van der Waals surface area contributed by atoms with Gasteiger partial charge < -0.3 is 14.6 Å². The zero-order chi connectivity index (χ0) is 13.8. The minimum atomic E-state index is -0.614. The van der Waals surface area contributed by atoms with Gasteiger partial charge in [0.1, 0.15) is 11.5 Å². The van der Waals surface area contributed by atoms with Crippen LogP contribution in [0.25, 0.3) is 0 Å². The summed E-state index contributed by atoms with van der Waals surface area (Å²) in [5, 5.41) is 9.87. The fraction of sp³-hybridized carbons (Fsp3) is 0.533. The zero-order valence-electron chi connectivity index (χ0n) is 11.4. The van der Waals surface area contributed by atoms with Gasteiger partial charge in [-0.2, -0.15) is 0 Å². The Morgan fingerprint density at radius 3 is 2.89 bits per heavy atom. The minimum Gasteiger partial charge on any atom is -0.507 e. The second-order valence-corrected chi connectivity index (χ2v) is 5.75. The number of ether oxygens (including phenoxy) is 2. The van der Waals surface area contributed by atoms with Gasteiger partial charge in [-0.05, 0) is 30.9 Å². The Morgan fingerprint density at radius 2 is 2.21 bits per heavy atom. The molecule has 2 heterocycles. The average molecular weight is 262 g/mol. The quantitative estimate of drug-likeness (QED) is 0.790. The number of aromatic hydroxyl groups is 1. The highest BCUT2D eigenvalue weighted by molar-refractivity contribution is 5.97. The topological polar surface area (TPSA) is 55.8 Å². The van der Waals surface area contributed by atoms with Crippen LogP contribution in [0.3, 0.4) is 0 Å². The van der Waals surface area contributed by atoms with E-state index in [2.05, 4.69) is 6.92 Å². The standard InChI is InChI=1S/C15H18O4/c1-8-7-18-15(3)12(8)5-10-4-11(9(2)16)13(17)6-14(10)19-15/h4,6,8,12,17H,5,7H2,1-3H3/t8-,12+,15+/m0/s1. The number of fused-ring (bicyclic) bond motifs is 2. The molecule has 3 atom stereocenters. The molecule has 2 aliphatic heterocycles. The maximum absolute atomic E-state index is 11.5. The van der Waals surface area contributed by atoms with Gasteiger partial charge >= 0.3 is 0 Å². The molecule has 0 saturated carbocycles. The van der Waals surface area contributed by atoms with E-state index in [0.717, 1.165) is 12.0 Å². The number of phenolic OH excluding ortho intramolecular Hbond substituents is 1. The smallest absolute Gasteiger partial charge is 0.211 e. The Balaban J connectivity index is 2.05. The van der Waals surface area contributed by atoms with Crippen molar-refractivity contribution in [1.82, 2.24) is 0 Å². The molecule has 0 radical (unpaired) electrons. The van der Waals surface area contributed by atoms with Crippen molar-refractivity contribution in [2.24, 2.45) is 11.8 Å². The summed E-state index contributed by atoms with van der Waals surface area (Å²) in [6.45, 7) is 6.23. The summed E-state index contributed by atoms with van der Waals surface area (Å²) in [5.41, 5.74) is 1.33. The summed E-state index contributed by atoms with van der Waals surface area (Å²) in [5.74, 6) is 0.549. The molecule has 1 N–H and O–H groups in total. The molecule has 1 fully saturated rings. The van der Waals surface area contributed by atoms with Crippen molar-refractivity contribution >= 4 is 5.78 Å². The number of Topliss-reactive ketones (excluding diaryl/α,β-unsaturated/α-hetero) is 1. The summed E-state index contributed by atoms with van der Waals surface area (Å²) < 4.78 is 11.7. The Labute approximate surface area is 112 Å². The van der Waals surface area contributed by atoms with Crippen molar-refractivity contribution in [2.75, 3.05) is 6.61 Å². The van der Waals surface area contributed by atoms with Crippen LogP contribution in [0.2, 0.25) is 0 Å². The van der Waals surface area contributed by atoms with Crippen molar-refractivity contribution in [3.8, 4) is 11.5 Å². The van der Waals surface area contributed by atoms with Gasteiger partial charge in [0, 0.05) is 18.9 Å². The normalized spacial score (nSPS) is 32.4. The van der Waals surface area contributed by atoms with Crippen LogP contribution in [-0.2, 0) is 11.2 Å². The van der Waals surface area contributed by atoms with Gasteiger partial charge in [0.15, 0.2) is 5.78 Å². The van der Waals surface area contributed by atoms with E-state index in [9.17, 15) is 9.90 Å². The molecular weight excluding hydrogens is 244 g/mol. The lowest BCUT2D eigenvalue weighted by molar-refractivity contribution is -0.166. The van der Waals surface area contributed by atoms with Gasteiger partial charge in [-0.3, -0.25) is 4.79 Å². The van der Waals surface area contributed by atoms with Crippen LogP contribution in [0.5, 0.6) is 11.5 Å². The predicted octanol–water partition coefficient (Wildman–Crippen LogP) is 2.53. The molecule has 2 aliphatic rings. The Kier molecular flexibility index (Phi) is 2.61. The Morgan fingerprint density at radius 1 is 1.47 bits per heavy atom. The van der Waals surface area contributed by atoms with Crippen LogP contribution in [0, 0.1) is 11.8 Å². The first-order valence-corrected chi connectivity index (χ1v) is 6.60. The van der Waals surface area contributed by atoms with Crippen molar-refractivity contribution in [2.45, 2.75) is 33.0 Å². The maximum atomic E-state index is 11.5. The lowest BCUT2D eigenvalue weighted by Gasteiger charge is -2.37. The Bertz CT molecular complexity index is 551. The number of phenols is 1. The first kappa shape index (κ1) is 12.5. The Hall–Kier alpha value is -1.55. The van der Waals surface area contributed by atoms with Gasteiger partial charge in [-0.25, -0.2) is 0 Å². The summed E-state index contributed by atoms with van der Waals surface area (Å²) in [7, 11) is 0. The van der Waals surface area contributed by atoms with Gasteiger partial charge in [0.25, 0.3) is 0 Å². The molecular formula is C15H18O4. The molecule has 0 spiro atoms. The van der Waals surface area contributed by atoms with Gasteiger partial charge in [-0.1, -0.05) is 6.92 Å². The van der Waals surface area contributed by atoms with E-state index in [1.165, 1.54) is 13.0 Å². The van der Waals surface area contributed by atoms with Crippen LogP contribution in [-0.4, -0.2) is 23.3 Å². The van der Waals surface area contributed by atoms with Crippen molar-refractivity contribution < 1.29 is 19.4 Å². The number of carbonyl (C=O) groups is 1. The van der Waals surface area contributed by atoms with E-state index in [1.54, 1.807) is 6.07 Å². The summed E-state index contributed by atoms with van der Waals surface area (Å²) in [4.78, 5) is 11.5. The maximum Gasteiger partial charge on any atom is 0.211 e. The molecule has 0 amide bonds. The molecule has 0 aromatic heterocycles.